The number of hydrogen-bond donors (Lipinski definition) is 3. The van der Waals surface area contributed by atoms with Crippen LogP contribution < -0.4 is 16.6 Å². The van der Waals surface area contributed by atoms with Gasteiger partial charge in [0.25, 0.3) is 5.56 Å². The Labute approximate surface area is 101 Å². The summed E-state index contributed by atoms with van der Waals surface area (Å²) in [7, 11) is 1.63. The van der Waals surface area contributed by atoms with Crippen molar-refractivity contribution in [1.29, 1.82) is 0 Å². The number of H-pyrrole nitrogens is 1. The molecule has 0 radical (unpaired) electrons. The fraction of sp³-hybridized carbons (Fsp3) is 0.636. The number of aromatic amines is 1. The molecule has 17 heavy (non-hydrogen) atoms. The molecule has 1 aromatic heterocycles. The third-order valence-electron chi connectivity index (χ3n) is 2.36. The van der Waals surface area contributed by atoms with Gasteiger partial charge in [0, 0.05) is 19.6 Å². The van der Waals surface area contributed by atoms with E-state index in [2.05, 4.69) is 15.3 Å². The fourth-order valence-electron chi connectivity index (χ4n) is 1.56. The molecule has 96 valence electrons. The highest BCUT2D eigenvalue weighted by Gasteiger charge is 2.09. The Hall–Kier alpha value is -1.40. The lowest BCUT2D eigenvalue weighted by Gasteiger charge is -2.17. The zero-order valence-electron chi connectivity index (χ0n) is 10.3. The summed E-state index contributed by atoms with van der Waals surface area (Å²) >= 11 is 0. The maximum absolute atomic E-state index is 11.4. The van der Waals surface area contributed by atoms with Crippen molar-refractivity contribution in [2.24, 2.45) is 5.73 Å². The normalized spacial score (nSPS) is 12.4. The molecule has 0 amide bonds. The second-order valence-electron chi connectivity index (χ2n) is 3.80. The van der Waals surface area contributed by atoms with E-state index in [9.17, 15) is 4.79 Å². The summed E-state index contributed by atoms with van der Waals surface area (Å²) in [6.07, 6.45) is 1.46. The van der Waals surface area contributed by atoms with Crippen molar-refractivity contribution < 1.29 is 4.74 Å². The molecule has 0 bridgehead atoms. The molecule has 1 heterocycles. The van der Waals surface area contributed by atoms with Crippen LogP contribution in [0.5, 0.6) is 0 Å². The molecule has 1 atom stereocenters. The quantitative estimate of drug-likeness (QED) is 0.629. The minimum atomic E-state index is -0.150. The second kappa shape index (κ2) is 7.03. The molecule has 1 rings (SSSR count). The van der Waals surface area contributed by atoms with Crippen LogP contribution in [0.1, 0.15) is 19.2 Å². The molecule has 6 nitrogen and oxygen atoms in total. The topological polar surface area (TPSA) is 93.0 Å². The lowest BCUT2D eigenvalue weighted by molar-refractivity contribution is 0.183. The first-order valence-electron chi connectivity index (χ1n) is 5.75. The molecule has 0 aliphatic heterocycles. The SMILES string of the molecule is CCc1nc(NC(CCN)COC)cc(=O)[nH]1. The van der Waals surface area contributed by atoms with Crippen molar-refractivity contribution >= 4 is 5.82 Å². The summed E-state index contributed by atoms with van der Waals surface area (Å²) in [4.78, 5) is 18.3. The Morgan fingerprint density at radius 2 is 2.41 bits per heavy atom. The fourth-order valence-corrected chi connectivity index (χ4v) is 1.56. The highest BCUT2D eigenvalue weighted by atomic mass is 16.5. The number of nitrogens with zero attached hydrogens (tertiary/aromatic N) is 1. The lowest BCUT2D eigenvalue weighted by atomic mass is 10.2. The van der Waals surface area contributed by atoms with E-state index in [1.54, 1.807) is 7.11 Å². The summed E-state index contributed by atoms with van der Waals surface area (Å²) in [6.45, 7) is 3.03. The number of nitrogens with two attached hydrogens (primary N) is 1. The van der Waals surface area contributed by atoms with E-state index < -0.39 is 0 Å². The van der Waals surface area contributed by atoms with Crippen molar-refractivity contribution in [2.75, 3.05) is 25.6 Å². The average Bonchev–Trinajstić information content (AvgIpc) is 2.29. The van der Waals surface area contributed by atoms with E-state index in [-0.39, 0.29) is 11.6 Å². The Balaban J connectivity index is 2.77. The van der Waals surface area contributed by atoms with Gasteiger partial charge in [-0.25, -0.2) is 4.98 Å². The van der Waals surface area contributed by atoms with E-state index >= 15 is 0 Å². The Morgan fingerprint density at radius 1 is 1.65 bits per heavy atom. The van der Waals surface area contributed by atoms with E-state index in [0.29, 0.717) is 31.2 Å². The third-order valence-corrected chi connectivity index (χ3v) is 2.36. The van der Waals surface area contributed by atoms with Gasteiger partial charge in [-0.05, 0) is 13.0 Å². The molecular formula is C11H20N4O2. The van der Waals surface area contributed by atoms with Crippen molar-refractivity contribution in [1.82, 2.24) is 9.97 Å². The number of anilines is 1. The standard InChI is InChI=1S/C11H20N4O2/c1-3-9-14-10(6-11(16)15-9)13-8(4-5-12)7-17-2/h6,8H,3-5,7,12H2,1-2H3,(H2,13,14,15,16). The minimum absolute atomic E-state index is 0.0732. The summed E-state index contributed by atoms with van der Waals surface area (Å²) in [5.74, 6) is 1.24. The zero-order valence-corrected chi connectivity index (χ0v) is 10.3. The molecule has 0 aliphatic rings. The van der Waals surface area contributed by atoms with Gasteiger partial charge < -0.3 is 20.8 Å². The molecule has 0 aliphatic carbocycles. The smallest absolute Gasteiger partial charge is 0.252 e. The van der Waals surface area contributed by atoms with Gasteiger partial charge in [0.2, 0.25) is 0 Å². The summed E-state index contributed by atoms with van der Waals surface area (Å²) in [5, 5.41) is 3.16. The zero-order chi connectivity index (χ0) is 12.7. The molecule has 4 N–H and O–H groups in total. The molecule has 1 aromatic rings. The molecule has 6 heteroatoms. The molecule has 0 saturated heterocycles. The third kappa shape index (κ3) is 4.54. The van der Waals surface area contributed by atoms with Gasteiger partial charge in [0.1, 0.15) is 11.6 Å². The van der Waals surface area contributed by atoms with Crippen molar-refractivity contribution in [3.8, 4) is 0 Å². The lowest BCUT2D eigenvalue weighted by Crippen LogP contribution is -2.29. The van der Waals surface area contributed by atoms with E-state index in [0.717, 1.165) is 6.42 Å². The van der Waals surface area contributed by atoms with Crippen LogP contribution in [0.4, 0.5) is 5.82 Å². The predicted molar refractivity (Wildman–Crippen MR) is 67.2 cm³/mol. The number of ether oxygens (including phenoxy) is 1. The molecule has 0 aromatic carbocycles. The van der Waals surface area contributed by atoms with Gasteiger partial charge >= 0.3 is 0 Å². The highest BCUT2D eigenvalue weighted by Crippen LogP contribution is 2.04. The van der Waals surface area contributed by atoms with Crippen LogP contribution in [0.3, 0.4) is 0 Å². The van der Waals surface area contributed by atoms with Gasteiger partial charge in [0.05, 0.1) is 12.6 Å². The van der Waals surface area contributed by atoms with Gasteiger partial charge in [-0.15, -0.1) is 0 Å². The van der Waals surface area contributed by atoms with Crippen molar-refractivity contribution in [3.05, 3.63) is 22.2 Å². The summed E-state index contributed by atoms with van der Waals surface area (Å²) < 4.78 is 5.08. The molecule has 0 fully saturated rings. The number of aryl methyl sites for hydroxylation is 1. The van der Waals surface area contributed by atoms with Crippen molar-refractivity contribution in [3.63, 3.8) is 0 Å². The van der Waals surface area contributed by atoms with Crippen LogP contribution >= 0.6 is 0 Å². The second-order valence-corrected chi connectivity index (χ2v) is 3.80. The van der Waals surface area contributed by atoms with Crippen LogP contribution in [-0.4, -0.2) is 36.3 Å². The molecular weight excluding hydrogens is 220 g/mol. The number of methoxy groups -OCH3 is 1. The minimum Gasteiger partial charge on any atom is -0.383 e. The Kier molecular flexibility index (Phi) is 5.65. The molecule has 0 spiro atoms. The maximum Gasteiger partial charge on any atom is 0.252 e. The number of hydrogen-bond acceptors (Lipinski definition) is 5. The summed E-state index contributed by atoms with van der Waals surface area (Å²) in [5.41, 5.74) is 5.37. The number of nitrogens with one attached hydrogen (secondary N) is 2. The Morgan fingerprint density at radius 3 is 3.00 bits per heavy atom. The largest absolute Gasteiger partial charge is 0.383 e. The molecule has 0 saturated carbocycles. The van der Waals surface area contributed by atoms with Crippen molar-refractivity contribution in [2.45, 2.75) is 25.8 Å². The number of rotatable bonds is 7. The summed E-state index contributed by atoms with van der Waals surface area (Å²) in [6, 6.07) is 1.52. The first-order chi connectivity index (χ1) is 8.19. The van der Waals surface area contributed by atoms with Gasteiger partial charge in [-0.2, -0.15) is 0 Å². The first kappa shape index (κ1) is 13.7. The van der Waals surface area contributed by atoms with Crippen LogP contribution in [0, 0.1) is 0 Å². The van der Waals surface area contributed by atoms with Crippen LogP contribution in [0.2, 0.25) is 0 Å². The molecule has 1 unspecified atom stereocenters. The van der Waals surface area contributed by atoms with E-state index in [1.165, 1.54) is 6.07 Å². The average molecular weight is 240 g/mol. The van der Waals surface area contributed by atoms with E-state index in [4.69, 9.17) is 10.5 Å². The first-order valence-corrected chi connectivity index (χ1v) is 5.75. The van der Waals surface area contributed by atoms with Crippen LogP contribution in [0.25, 0.3) is 0 Å². The monoisotopic (exact) mass is 240 g/mol. The van der Waals surface area contributed by atoms with Gasteiger partial charge in [-0.3, -0.25) is 4.79 Å². The van der Waals surface area contributed by atoms with Gasteiger partial charge in [-0.1, -0.05) is 6.92 Å². The predicted octanol–water partition coefficient (Wildman–Crippen LogP) is 0.108. The van der Waals surface area contributed by atoms with E-state index in [1.807, 2.05) is 6.92 Å². The maximum atomic E-state index is 11.4. The van der Waals surface area contributed by atoms with Crippen LogP contribution in [-0.2, 0) is 11.2 Å². The highest BCUT2D eigenvalue weighted by molar-refractivity contribution is 5.34. The number of aromatic nitrogens is 2. The van der Waals surface area contributed by atoms with Gasteiger partial charge in [0.15, 0.2) is 0 Å². The van der Waals surface area contributed by atoms with Crippen LogP contribution in [0.15, 0.2) is 10.9 Å². The Bertz CT molecular complexity index is 385.